The van der Waals surface area contributed by atoms with E-state index >= 15 is 0 Å². The van der Waals surface area contributed by atoms with Crippen molar-refractivity contribution in [3.63, 3.8) is 0 Å². The van der Waals surface area contributed by atoms with Crippen molar-refractivity contribution in [2.24, 2.45) is 0 Å². The molecule has 0 saturated heterocycles. The molecule has 21 heavy (non-hydrogen) atoms. The van der Waals surface area contributed by atoms with Crippen LogP contribution < -0.4 is 0 Å². The van der Waals surface area contributed by atoms with Crippen molar-refractivity contribution in [3.05, 3.63) is 0 Å². The average Bonchev–Trinajstić information content (AvgIpc) is 2.46. The molecular formula is C18H38O2Sn. The van der Waals surface area contributed by atoms with Crippen molar-refractivity contribution >= 4 is 24.3 Å². The summed E-state index contributed by atoms with van der Waals surface area (Å²) in [7, 11) is 0. The van der Waals surface area contributed by atoms with Crippen LogP contribution in [0.15, 0.2) is 0 Å². The van der Waals surface area contributed by atoms with Crippen molar-refractivity contribution in [3.8, 4) is 0 Å². The maximum absolute atomic E-state index is 12.6. The molecule has 0 bridgehead atoms. The molecule has 0 N–H and O–H groups in total. The van der Waals surface area contributed by atoms with Gasteiger partial charge in [-0.3, -0.25) is 0 Å². The van der Waals surface area contributed by atoms with E-state index in [4.69, 9.17) is 4.74 Å². The normalized spacial score (nSPS) is 12.5. The first-order valence-corrected chi connectivity index (χ1v) is 16.6. The molecule has 0 aromatic heterocycles. The molecule has 0 aromatic rings. The number of hydrogen-bond acceptors (Lipinski definition) is 2. The Kier molecular flexibility index (Phi) is 11.0. The molecule has 0 fully saturated rings. The van der Waals surface area contributed by atoms with Crippen LogP contribution in [0.25, 0.3) is 0 Å². The van der Waals surface area contributed by atoms with Gasteiger partial charge in [0.05, 0.1) is 0 Å². The van der Waals surface area contributed by atoms with Crippen LogP contribution in [-0.2, 0) is 9.53 Å². The molecule has 126 valence electrons. The third-order valence-corrected chi connectivity index (χ3v) is 24.5. The molecule has 0 unspecified atom stereocenters. The molecule has 0 aliphatic heterocycles. The first-order valence-electron chi connectivity index (χ1n) is 9.09. The number of hydrogen-bond donors (Lipinski definition) is 0. The van der Waals surface area contributed by atoms with Crippen LogP contribution in [0, 0.1) is 0 Å². The Labute approximate surface area is 137 Å². The molecule has 0 aliphatic rings. The average molecular weight is 405 g/mol. The Morgan fingerprint density at radius 3 is 1.52 bits per heavy atom. The monoisotopic (exact) mass is 406 g/mol. The summed E-state index contributed by atoms with van der Waals surface area (Å²) in [6.07, 6.45) is 7.63. The van der Waals surface area contributed by atoms with Gasteiger partial charge in [0, 0.05) is 0 Å². The summed E-state index contributed by atoms with van der Waals surface area (Å²) < 4.78 is 9.36. The fourth-order valence-corrected chi connectivity index (χ4v) is 21.1. The van der Waals surface area contributed by atoms with Gasteiger partial charge in [0.25, 0.3) is 0 Å². The number of rotatable bonds is 12. The Balaban J connectivity index is 5.39. The van der Waals surface area contributed by atoms with Crippen LogP contribution in [0.3, 0.4) is 0 Å². The number of esters is 1. The van der Waals surface area contributed by atoms with Gasteiger partial charge >= 0.3 is 137 Å². The van der Waals surface area contributed by atoms with Gasteiger partial charge in [0.15, 0.2) is 0 Å². The van der Waals surface area contributed by atoms with Gasteiger partial charge in [0.2, 0.25) is 0 Å². The summed E-state index contributed by atoms with van der Waals surface area (Å²) in [6, 6.07) is 0. The molecule has 0 aliphatic carbocycles. The van der Waals surface area contributed by atoms with Crippen molar-refractivity contribution in [1.82, 2.24) is 0 Å². The van der Waals surface area contributed by atoms with Crippen LogP contribution >= 0.6 is 0 Å². The number of unbranched alkanes of at least 4 members (excludes halogenated alkanes) is 3. The van der Waals surface area contributed by atoms with Crippen molar-refractivity contribution in [2.45, 2.75) is 96.8 Å². The van der Waals surface area contributed by atoms with E-state index in [9.17, 15) is 4.79 Å². The molecule has 2 nitrogen and oxygen atoms in total. The Hall–Kier alpha value is 0.269. The molecule has 0 rings (SSSR count). The molecule has 0 heterocycles. The molecule has 3 heteroatoms. The summed E-state index contributed by atoms with van der Waals surface area (Å²) in [4.78, 5) is 12.6. The van der Waals surface area contributed by atoms with Gasteiger partial charge in [-0.2, -0.15) is 0 Å². The Morgan fingerprint density at radius 1 is 0.857 bits per heavy atom. The molecule has 0 atom stereocenters. The SMILES string of the molecule is CCC[CH2][Sn]([CH2]CCC)([CH2]CCC)[C](C)(C)C(=O)OCC. The molecule has 0 aromatic carbocycles. The van der Waals surface area contributed by atoms with E-state index in [-0.39, 0.29) is 9.40 Å². The van der Waals surface area contributed by atoms with Gasteiger partial charge < -0.3 is 0 Å². The van der Waals surface area contributed by atoms with E-state index < -0.39 is 18.4 Å². The fraction of sp³-hybridized carbons (Fsp3) is 0.944. The van der Waals surface area contributed by atoms with E-state index in [1.54, 1.807) is 0 Å². The Bertz CT molecular complexity index is 265. The first kappa shape index (κ1) is 21.3. The quantitative estimate of drug-likeness (QED) is 0.286. The van der Waals surface area contributed by atoms with Crippen LogP contribution in [0.1, 0.15) is 80.1 Å². The van der Waals surface area contributed by atoms with Gasteiger partial charge in [-0.05, 0) is 0 Å². The molecule has 0 radical (unpaired) electrons. The minimum absolute atomic E-state index is 0.0871. The summed E-state index contributed by atoms with van der Waals surface area (Å²) in [5, 5.41) is 0. The molecular weight excluding hydrogens is 367 g/mol. The summed E-state index contributed by atoms with van der Waals surface area (Å²) >= 11 is -2.56. The fourth-order valence-electron chi connectivity index (χ4n) is 3.39. The van der Waals surface area contributed by atoms with E-state index in [0.717, 1.165) is 0 Å². The zero-order valence-electron chi connectivity index (χ0n) is 15.4. The van der Waals surface area contributed by atoms with E-state index in [0.29, 0.717) is 6.61 Å². The second-order valence-electron chi connectivity index (χ2n) is 6.94. The first-order chi connectivity index (χ1) is 9.91. The third-order valence-electron chi connectivity index (χ3n) is 5.14. The second-order valence-corrected chi connectivity index (χ2v) is 22.1. The predicted molar refractivity (Wildman–Crippen MR) is 95.6 cm³/mol. The van der Waals surface area contributed by atoms with Crippen molar-refractivity contribution in [1.29, 1.82) is 0 Å². The van der Waals surface area contributed by atoms with Crippen molar-refractivity contribution in [2.75, 3.05) is 6.61 Å². The molecule has 0 saturated carbocycles. The van der Waals surface area contributed by atoms with Crippen LogP contribution in [-0.4, -0.2) is 31.0 Å². The zero-order valence-corrected chi connectivity index (χ0v) is 18.2. The second kappa shape index (κ2) is 10.9. The minimum atomic E-state index is -2.56. The summed E-state index contributed by atoms with van der Waals surface area (Å²) in [6.45, 7) is 13.7. The zero-order chi connectivity index (χ0) is 16.4. The number of ether oxygens (including phenoxy) is 1. The van der Waals surface area contributed by atoms with Gasteiger partial charge in [0.1, 0.15) is 0 Å². The summed E-state index contributed by atoms with van der Waals surface area (Å²) in [5.41, 5.74) is 0. The van der Waals surface area contributed by atoms with Crippen LogP contribution in [0.5, 0.6) is 0 Å². The van der Waals surface area contributed by atoms with E-state index in [1.165, 1.54) is 51.8 Å². The number of carbonyl (C=O) groups is 1. The van der Waals surface area contributed by atoms with E-state index in [1.807, 2.05) is 6.92 Å². The standard InChI is InChI=1S/C6H11O2.3C4H9.Sn/c1-4-8-6(7)5(2)3;3*1-3-4-2;/h4H2,1-3H3;3*1,3-4H2,2H3;. The van der Waals surface area contributed by atoms with Gasteiger partial charge in [-0.25, -0.2) is 0 Å². The summed E-state index contributed by atoms with van der Waals surface area (Å²) in [5.74, 6) is 0.0871. The molecule has 0 spiro atoms. The van der Waals surface area contributed by atoms with Crippen molar-refractivity contribution < 1.29 is 9.53 Å². The maximum atomic E-state index is 12.6. The number of carbonyl (C=O) groups excluding carboxylic acids is 1. The molecule has 0 amide bonds. The third kappa shape index (κ3) is 6.11. The van der Waals surface area contributed by atoms with Crippen LogP contribution in [0.2, 0.25) is 16.7 Å². The van der Waals surface area contributed by atoms with Crippen LogP contribution in [0.4, 0.5) is 0 Å². The Morgan fingerprint density at radius 2 is 1.24 bits per heavy atom. The van der Waals surface area contributed by atoms with E-state index in [2.05, 4.69) is 34.6 Å². The topological polar surface area (TPSA) is 26.3 Å². The van der Waals surface area contributed by atoms with Gasteiger partial charge in [-0.15, -0.1) is 0 Å². The predicted octanol–water partition coefficient (Wildman–Crippen LogP) is 6.18. The van der Waals surface area contributed by atoms with Gasteiger partial charge in [-0.1, -0.05) is 0 Å².